The Kier molecular flexibility index (Phi) is 2.28. The number of hydrogen-bond donors (Lipinski definition) is 0. The number of rotatable bonds is 2. The Morgan fingerprint density at radius 2 is 1.89 bits per heavy atom. The van der Waals surface area contributed by atoms with E-state index in [1.54, 1.807) is 0 Å². The van der Waals surface area contributed by atoms with Gasteiger partial charge in [-0.1, -0.05) is 35.5 Å². The summed E-state index contributed by atoms with van der Waals surface area (Å²) < 4.78 is 0. The third kappa shape index (κ3) is 1.86. The van der Waals surface area contributed by atoms with Crippen LogP contribution in [0.4, 0.5) is 0 Å². The summed E-state index contributed by atoms with van der Waals surface area (Å²) in [6.45, 7) is 3.69. The van der Waals surface area contributed by atoms with Crippen LogP contribution in [0.2, 0.25) is 0 Å². The highest BCUT2D eigenvalue weighted by molar-refractivity contribution is 6.58. The fourth-order valence-corrected chi connectivity index (χ4v) is 1.42. The summed E-state index contributed by atoms with van der Waals surface area (Å²) >= 11 is 0. The van der Waals surface area contributed by atoms with Gasteiger partial charge in [0.1, 0.15) is 0 Å². The van der Waals surface area contributed by atoms with Crippen molar-refractivity contribution in [2.24, 2.45) is 0 Å². The Morgan fingerprint density at radius 3 is 2.44 bits per heavy atom. The van der Waals surface area contributed by atoms with E-state index < -0.39 is 0 Å². The van der Waals surface area contributed by atoms with Crippen molar-refractivity contribution in [3.63, 3.8) is 0 Å². The van der Waals surface area contributed by atoms with Crippen LogP contribution in [0, 0.1) is 0 Å². The molecule has 0 aliphatic rings. The Labute approximate surface area is 58.0 Å². The second-order valence-electron chi connectivity index (χ2n) is 1.81. The first-order chi connectivity index (χ1) is 4.43. The van der Waals surface area contributed by atoms with Crippen molar-refractivity contribution >= 4 is 14.7 Å². The highest BCUT2D eigenvalue weighted by atomic mass is 28.2. The van der Waals surface area contributed by atoms with Gasteiger partial charge in [-0.05, 0) is 0 Å². The van der Waals surface area contributed by atoms with Crippen molar-refractivity contribution < 1.29 is 0 Å². The maximum Gasteiger partial charge on any atom is 0.0928 e. The van der Waals surface area contributed by atoms with E-state index in [4.69, 9.17) is 0 Å². The SMILES string of the molecule is C=C[SiH]c1ccccc1. The van der Waals surface area contributed by atoms with Crippen molar-refractivity contribution in [3.05, 3.63) is 42.6 Å². The van der Waals surface area contributed by atoms with Gasteiger partial charge in [-0.15, -0.1) is 12.3 Å². The van der Waals surface area contributed by atoms with Crippen molar-refractivity contribution in [2.45, 2.75) is 0 Å². The molecule has 9 heavy (non-hydrogen) atoms. The Hall–Kier alpha value is -0.823. The average molecular weight is 133 g/mol. The molecular formula is C8H9Si. The van der Waals surface area contributed by atoms with Crippen LogP contribution in [0.1, 0.15) is 0 Å². The van der Waals surface area contributed by atoms with Crippen LogP contribution >= 0.6 is 0 Å². The summed E-state index contributed by atoms with van der Waals surface area (Å²) in [6.07, 6.45) is 0. The average Bonchev–Trinajstić information content (AvgIpc) is 1.91. The molecule has 0 aliphatic carbocycles. The molecule has 0 N–H and O–H groups in total. The molecule has 0 bridgehead atoms. The number of benzene rings is 1. The quantitative estimate of drug-likeness (QED) is 0.526. The van der Waals surface area contributed by atoms with E-state index in [0.29, 0.717) is 9.52 Å². The molecule has 0 nitrogen and oxygen atoms in total. The van der Waals surface area contributed by atoms with Gasteiger partial charge in [0.15, 0.2) is 0 Å². The lowest BCUT2D eigenvalue weighted by Crippen LogP contribution is -2.09. The van der Waals surface area contributed by atoms with Crippen LogP contribution in [0.3, 0.4) is 0 Å². The highest BCUT2D eigenvalue weighted by Gasteiger charge is 1.83. The monoisotopic (exact) mass is 133 g/mol. The molecule has 0 saturated heterocycles. The topological polar surface area (TPSA) is 0 Å². The third-order valence-electron chi connectivity index (χ3n) is 1.11. The highest BCUT2D eigenvalue weighted by Crippen LogP contribution is 1.80. The van der Waals surface area contributed by atoms with Gasteiger partial charge in [-0.25, -0.2) is 0 Å². The van der Waals surface area contributed by atoms with Gasteiger partial charge in [-0.3, -0.25) is 0 Å². The van der Waals surface area contributed by atoms with E-state index >= 15 is 0 Å². The Morgan fingerprint density at radius 1 is 1.22 bits per heavy atom. The van der Waals surface area contributed by atoms with Crippen LogP contribution in [0.25, 0.3) is 0 Å². The van der Waals surface area contributed by atoms with Crippen LogP contribution < -0.4 is 5.19 Å². The minimum absolute atomic E-state index is 0.307. The first kappa shape index (κ1) is 6.30. The molecule has 45 valence electrons. The maximum atomic E-state index is 3.69. The summed E-state index contributed by atoms with van der Waals surface area (Å²) in [5.41, 5.74) is 2.00. The van der Waals surface area contributed by atoms with Gasteiger partial charge in [0, 0.05) is 0 Å². The molecule has 0 fully saturated rings. The van der Waals surface area contributed by atoms with Gasteiger partial charge < -0.3 is 0 Å². The lowest BCUT2D eigenvalue weighted by atomic mass is 10.4. The molecule has 1 rings (SSSR count). The smallest absolute Gasteiger partial charge is 0.0928 e. The van der Waals surface area contributed by atoms with E-state index in [1.807, 2.05) is 11.8 Å². The van der Waals surface area contributed by atoms with Gasteiger partial charge in [-0.2, -0.15) is 0 Å². The van der Waals surface area contributed by atoms with Gasteiger partial charge >= 0.3 is 0 Å². The van der Waals surface area contributed by atoms with E-state index in [0.717, 1.165) is 0 Å². The molecule has 0 atom stereocenters. The molecule has 0 aliphatic heterocycles. The first-order valence-corrected chi connectivity index (χ1v) is 4.18. The van der Waals surface area contributed by atoms with Crippen molar-refractivity contribution in [2.75, 3.05) is 0 Å². The largest absolute Gasteiger partial charge is 0.107 e. The molecule has 0 unspecified atom stereocenters. The molecule has 0 aromatic heterocycles. The lowest BCUT2D eigenvalue weighted by molar-refractivity contribution is 1.77. The molecule has 0 spiro atoms. The summed E-state index contributed by atoms with van der Waals surface area (Å²) in [7, 11) is 0.307. The van der Waals surface area contributed by atoms with Crippen LogP contribution in [-0.4, -0.2) is 9.52 Å². The molecule has 1 heteroatoms. The summed E-state index contributed by atoms with van der Waals surface area (Å²) in [4.78, 5) is 0. The predicted molar refractivity (Wildman–Crippen MR) is 43.4 cm³/mol. The zero-order chi connectivity index (χ0) is 6.53. The van der Waals surface area contributed by atoms with Crippen molar-refractivity contribution in [3.8, 4) is 0 Å². The van der Waals surface area contributed by atoms with Gasteiger partial charge in [0.2, 0.25) is 0 Å². The van der Waals surface area contributed by atoms with Crippen LogP contribution in [0.15, 0.2) is 42.6 Å². The lowest BCUT2D eigenvalue weighted by Gasteiger charge is -1.90. The van der Waals surface area contributed by atoms with Crippen molar-refractivity contribution in [1.82, 2.24) is 0 Å². The van der Waals surface area contributed by atoms with Crippen molar-refractivity contribution in [1.29, 1.82) is 0 Å². The van der Waals surface area contributed by atoms with Crippen LogP contribution in [-0.2, 0) is 0 Å². The van der Waals surface area contributed by atoms with E-state index in [-0.39, 0.29) is 0 Å². The van der Waals surface area contributed by atoms with Gasteiger partial charge in [0.05, 0.1) is 9.52 Å². The molecule has 0 saturated carbocycles. The second kappa shape index (κ2) is 3.25. The molecule has 1 radical (unpaired) electrons. The Balaban J connectivity index is 2.72. The fraction of sp³-hybridized carbons (Fsp3) is 0. The second-order valence-corrected chi connectivity index (χ2v) is 3.28. The maximum absolute atomic E-state index is 3.69. The third-order valence-corrected chi connectivity index (χ3v) is 2.12. The number of hydrogen-bond acceptors (Lipinski definition) is 0. The summed E-state index contributed by atoms with van der Waals surface area (Å²) in [6, 6.07) is 10.4. The zero-order valence-electron chi connectivity index (χ0n) is 5.25. The van der Waals surface area contributed by atoms with Gasteiger partial charge in [0.25, 0.3) is 0 Å². The zero-order valence-corrected chi connectivity index (χ0v) is 6.40. The predicted octanol–water partition coefficient (Wildman–Crippen LogP) is 0.892. The minimum Gasteiger partial charge on any atom is -0.107 e. The summed E-state index contributed by atoms with van der Waals surface area (Å²) in [5, 5.41) is 1.41. The minimum atomic E-state index is 0.307. The standard InChI is InChI=1S/C8H9Si/c1-2-9-8-6-4-3-5-7-8/h2-7,9H,1H2. The van der Waals surface area contributed by atoms with E-state index in [2.05, 4.69) is 30.8 Å². The van der Waals surface area contributed by atoms with Crippen LogP contribution in [0.5, 0.6) is 0 Å². The first-order valence-electron chi connectivity index (χ1n) is 2.94. The molecular weight excluding hydrogens is 124 g/mol. The Bertz CT molecular complexity index is 179. The molecule has 1 aromatic rings. The van der Waals surface area contributed by atoms with E-state index in [9.17, 15) is 0 Å². The normalized spacial score (nSPS) is 8.89. The fourth-order valence-electron chi connectivity index (χ4n) is 0.700. The molecule has 1 aromatic carbocycles. The molecule has 0 amide bonds. The molecule has 0 heterocycles. The van der Waals surface area contributed by atoms with E-state index in [1.165, 1.54) is 5.19 Å². The summed E-state index contributed by atoms with van der Waals surface area (Å²) in [5.74, 6) is 0.